The second kappa shape index (κ2) is 11.4. The second-order valence-electron chi connectivity index (χ2n) is 7.28. The van der Waals surface area contributed by atoms with E-state index in [9.17, 15) is 23.1 Å². The molecular weight excluding hydrogens is 573 g/mol. The molecule has 1 amide bonds. The highest BCUT2D eigenvalue weighted by molar-refractivity contribution is 14.1. The summed E-state index contributed by atoms with van der Waals surface area (Å²) in [7, 11) is -4.07. The van der Waals surface area contributed by atoms with Crippen molar-refractivity contribution in [1.29, 1.82) is 0 Å². The number of nitrogen functional groups attached to an aromatic ring is 1. The van der Waals surface area contributed by atoms with E-state index < -0.39 is 34.5 Å². The first-order valence-electron chi connectivity index (χ1n) is 10.1. The summed E-state index contributed by atoms with van der Waals surface area (Å²) in [6.45, 7) is -0.422. The fourth-order valence-electron chi connectivity index (χ4n) is 2.99. The molecule has 0 aliphatic carbocycles. The van der Waals surface area contributed by atoms with E-state index >= 15 is 0 Å². The van der Waals surface area contributed by atoms with Gasteiger partial charge in [0, 0.05) is 27.6 Å². The molecule has 5 N–H and O–H groups in total. The molecule has 0 aliphatic heterocycles. The summed E-state index contributed by atoms with van der Waals surface area (Å²) < 4.78 is 27.9. The molecular formula is C22H22IN5O5S. The van der Waals surface area contributed by atoms with Crippen LogP contribution in [0.3, 0.4) is 0 Å². The van der Waals surface area contributed by atoms with Crippen LogP contribution in [0.5, 0.6) is 0 Å². The van der Waals surface area contributed by atoms with Gasteiger partial charge in [-0.15, -0.1) is 0 Å². The lowest BCUT2D eigenvalue weighted by Gasteiger charge is -2.16. The third-order valence-corrected chi connectivity index (χ3v) is 7.01. The quantitative estimate of drug-likeness (QED) is 0.257. The zero-order valence-corrected chi connectivity index (χ0v) is 20.8. The number of sulfonamides is 1. The monoisotopic (exact) mass is 595 g/mol. The SMILES string of the molecule is Nc1nccc(CCc2ccc(C(=O)NCC(NS(=O)(=O)c3ccc(I)cc3)C(=O)O)cc2)n1. The number of nitrogens with one attached hydrogen (secondary N) is 2. The average Bonchev–Trinajstić information content (AvgIpc) is 2.80. The van der Waals surface area contributed by atoms with Crippen molar-refractivity contribution in [3.63, 3.8) is 0 Å². The van der Waals surface area contributed by atoms with Gasteiger partial charge in [-0.25, -0.2) is 18.4 Å². The van der Waals surface area contributed by atoms with Crippen LogP contribution in [-0.4, -0.2) is 48.0 Å². The highest BCUT2D eigenvalue weighted by atomic mass is 127. The normalized spacial score (nSPS) is 12.1. The molecule has 1 aromatic heterocycles. The van der Waals surface area contributed by atoms with Gasteiger partial charge in [-0.3, -0.25) is 9.59 Å². The smallest absolute Gasteiger partial charge is 0.323 e. The lowest BCUT2D eigenvalue weighted by molar-refractivity contribution is -0.138. The van der Waals surface area contributed by atoms with Crippen LogP contribution in [0.25, 0.3) is 0 Å². The van der Waals surface area contributed by atoms with E-state index in [0.29, 0.717) is 18.4 Å². The van der Waals surface area contributed by atoms with Crippen LogP contribution in [0.4, 0.5) is 5.95 Å². The Bertz CT molecular complexity index is 1270. The van der Waals surface area contributed by atoms with Crippen molar-refractivity contribution in [2.45, 2.75) is 23.8 Å². The van der Waals surface area contributed by atoms with Crippen molar-refractivity contribution in [1.82, 2.24) is 20.0 Å². The molecule has 178 valence electrons. The molecule has 12 heteroatoms. The van der Waals surface area contributed by atoms with Crippen LogP contribution in [0, 0.1) is 3.57 Å². The fraction of sp³-hybridized carbons (Fsp3) is 0.182. The van der Waals surface area contributed by atoms with Gasteiger partial charge < -0.3 is 16.2 Å². The molecule has 0 fully saturated rings. The van der Waals surface area contributed by atoms with Crippen molar-refractivity contribution in [3.8, 4) is 0 Å². The number of hydrogen-bond acceptors (Lipinski definition) is 7. The molecule has 0 spiro atoms. The minimum absolute atomic E-state index is 0.0641. The van der Waals surface area contributed by atoms with Crippen molar-refractivity contribution in [2.75, 3.05) is 12.3 Å². The topological polar surface area (TPSA) is 164 Å². The molecule has 0 radical (unpaired) electrons. The van der Waals surface area contributed by atoms with Gasteiger partial charge >= 0.3 is 5.97 Å². The highest BCUT2D eigenvalue weighted by Gasteiger charge is 2.26. The number of aromatic nitrogens is 2. The molecule has 1 heterocycles. The molecule has 1 unspecified atom stereocenters. The number of carbonyl (C=O) groups excluding carboxylic acids is 1. The Morgan fingerprint density at radius 3 is 2.32 bits per heavy atom. The van der Waals surface area contributed by atoms with Crippen LogP contribution < -0.4 is 15.8 Å². The predicted molar refractivity (Wildman–Crippen MR) is 134 cm³/mol. The van der Waals surface area contributed by atoms with Crippen LogP contribution in [0.1, 0.15) is 21.6 Å². The van der Waals surface area contributed by atoms with E-state index in [0.717, 1.165) is 14.8 Å². The molecule has 10 nitrogen and oxygen atoms in total. The van der Waals surface area contributed by atoms with Gasteiger partial charge in [0.2, 0.25) is 16.0 Å². The molecule has 0 bridgehead atoms. The number of aliphatic carboxylic acids is 1. The number of anilines is 1. The van der Waals surface area contributed by atoms with E-state index in [1.54, 1.807) is 48.7 Å². The first-order chi connectivity index (χ1) is 16.1. The Hall–Kier alpha value is -3.10. The summed E-state index contributed by atoms with van der Waals surface area (Å²) in [6.07, 6.45) is 2.93. The Kier molecular flexibility index (Phi) is 8.52. The molecule has 3 aromatic rings. The number of carboxylic acids is 1. The number of nitrogens with zero attached hydrogens (tertiary/aromatic N) is 2. The van der Waals surface area contributed by atoms with Gasteiger partial charge in [0.1, 0.15) is 6.04 Å². The van der Waals surface area contributed by atoms with Crippen LogP contribution in [0.2, 0.25) is 0 Å². The molecule has 3 rings (SSSR count). The highest BCUT2D eigenvalue weighted by Crippen LogP contribution is 2.13. The van der Waals surface area contributed by atoms with Gasteiger partial charge in [0.25, 0.3) is 5.91 Å². The summed E-state index contributed by atoms with van der Waals surface area (Å²) in [4.78, 5) is 32.0. The predicted octanol–water partition coefficient (Wildman–Crippen LogP) is 1.61. The second-order valence-corrected chi connectivity index (χ2v) is 10.2. The largest absolute Gasteiger partial charge is 0.480 e. The number of rotatable bonds is 10. The number of aryl methyl sites for hydroxylation is 2. The van der Waals surface area contributed by atoms with Gasteiger partial charge in [-0.1, -0.05) is 12.1 Å². The lowest BCUT2D eigenvalue weighted by atomic mass is 10.1. The van der Waals surface area contributed by atoms with Crippen molar-refractivity contribution in [3.05, 3.63) is 81.2 Å². The van der Waals surface area contributed by atoms with E-state index in [4.69, 9.17) is 5.73 Å². The third-order valence-electron chi connectivity index (χ3n) is 4.80. The molecule has 1 atom stereocenters. The van der Waals surface area contributed by atoms with Crippen molar-refractivity contribution in [2.24, 2.45) is 0 Å². The molecule has 2 aromatic carbocycles. The number of carbonyl (C=O) groups is 2. The first kappa shape index (κ1) is 25.5. The van der Waals surface area contributed by atoms with E-state index in [2.05, 4.69) is 20.0 Å². The number of benzene rings is 2. The Labute approximate surface area is 210 Å². The Balaban J connectivity index is 1.57. The molecule has 0 saturated carbocycles. The summed E-state index contributed by atoms with van der Waals surface area (Å²) in [5.74, 6) is -1.71. The van der Waals surface area contributed by atoms with Crippen molar-refractivity contribution < 1.29 is 23.1 Å². The van der Waals surface area contributed by atoms with E-state index in [-0.39, 0.29) is 10.8 Å². The first-order valence-corrected chi connectivity index (χ1v) is 12.7. The molecule has 34 heavy (non-hydrogen) atoms. The number of nitrogens with two attached hydrogens (primary N) is 1. The van der Waals surface area contributed by atoms with Gasteiger partial charge in [0.15, 0.2) is 0 Å². The van der Waals surface area contributed by atoms with Crippen LogP contribution in [-0.2, 0) is 27.7 Å². The number of hydrogen-bond donors (Lipinski definition) is 4. The third kappa shape index (κ3) is 7.20. The average molecular weight is 595 g/mol. The molecule has 0 saturated heterocycles. The maximum atomic E-state index is 12.5. The summed E-state index contributed by atoms with van der Waals surface area (Å²) in [5.41, 5.74) is 7.68. The molecule has 0 aliphatic rings. The Morgan fingerprint density at radius 1 is 1.03 bits per heavy atom. The zero-order chi connectivity index (χ0) is 24.7. The van der Waals surface area contributed by atoms with Gasteiger partial charge in [-0.2, -0.15) is 4.72 Å². The summed E-state index contributed by atoms with van der Waals surface area (Å²) >= 11 is 2.03. The summed E-state index contributed by atoms with van der Waals surface area (Å²) in [6, 6.07) is 13.0. The van der Waals surface area contributed by atoms with Gasteiger partial charge in [-0.05, 0) is 83.5 Å². The Morgan fingerprint density at radius 2 is 1.71 bits per heavy atom. The maximum absolute atomic E-state index is 12.5. The minimum Gasteiger partial charge on any atom is -0.480 e. The van der Waals surface area contributed by atoms with E-state index in [1.165, 1.54) is 12.1 Å². The van der Waals surface area contributed by atoms with Crippen LogP contribution in [0.15, 0.2) is 65.7 Å². The standard InChI is InChI=1S/C22H22IN5O5S/c23-16-6-9-18(10-7-16)34(32,33)28-19(21(30)31)13-26-20(29)15-4-1-14(2-5-15)3-8-17-11-12-25-22(24)27-17/h1-2,4-7,9-12,19,28H,3,8,13H2,(H,26,29)(H,30,31)(H2,24,25,27). The minimum atomic E-state index is -4.07. The number of amides is 1. The van der Waals surface area contributed by atoms with Crippen LogP contribution >= 0.6 is 22.6 Å². The fourth-order valence-corrected chi connectivity index (χ4v) is 4.54. The number of carboxylic acid groups (broad SMARTS) is 1. The van der Waals surface area contributed by atoms with Gasteiger partial charge in [0.05, 0.1) is 4.90 Å². The summed E-state index contributed by atoms with van der Waals surface area (Å²) in [5, 5.41) is 11.9. The zero-order valence-electron chi connectivity index (χ0n) is 17.8. The maximum Gasteiger partial charge on any atom is 0.323 e. The lowest BCUT2D eigenvalue weighted by Crippen LogP contribution is -2.48. The van der Waals surface area contributed by atoms with E-state index in [1.807, 2.05) is 22.6 Å². The number of halogens is 1. The van der Waals surface area contributed by atoms with Crippen molar-refractivity contribution >= 4 is 50.4 Å².